The average Bonchev–Trinajstić information content (AvgIpc) is 3.46. The molecule has 6 rings (SSSR count). The van der Waals surface area contributed by atoms with Gasteiger partial charge in [-0.25, -0.2) is 27.3 Å². The second-order valence-electron chi connectivity index (χ2n) is 9.87. The molecule has 0 aliphatic heterocycles. The summed E-state index contributed by atoms with van der Waals surface area (Å²) >= 11 is 0. The summed E-state index contributed by atoms with van der Waals surface area (Å²) in [5.41, 5.74) is 4.30. The highest BCUT2D eigenvalue weighted by Gasteiger charge is 2.20. The maximum atomic E-state index is 13.1. The number of nitrogens with zero attached hydrogens (tertiary/aromatic N) is 5. The molecule has 0 radical (unpaired) electrons. The number of fused-ring (bicyclic) bond motifs is 1. The molecule has 0 bridgehead atoms. The number of pyridine rings is 1. The van der Waals surface area contributed by atoms with E-state index in [0.717, 1.165) is 16.8 Å². The molecule has 0 atom stereocenters. The molecule has 43 heavy (non-hydrogen) atoms. The number of nitro benzene ring substituents is 1. The van der Waals surface area contributed by atoms with Crippen LogP contribution in [-0.4, -0.2) is 38.0 Å². The molecule has 11 heteroatoms. The molecule has 212 valence electrons. The van der Waals surface area contributed by atoms with Gasteiger partial charge in [-0.15, -0.1) is 0 Å². The maximum Gasteiger partial charge on any atom is 0.270 e. The Balaban J connectivity index is 1.21. The topological polar surface area (TPSA) is 138 Å². The fourth-order valence-electron chi connectivity index (χ4n) is 4.83. The number of non-ortho nitro benzene ring substituents is 1. The second-order valence-corrected chi connectivity index (χ2v) is 11.7. The molecule has 0 spiro atoms. The molecule has 0 saturated carbocycles. The summed E-state index contributed by atoms with van der Waals surface area (Å²) in [6.45, 7) is 0. The zero-order valence-corrected chi connectivity index (χ0v) is 23.4. The molecule has 3 aromatic heterocycles. The summed E-state index contributed by atoms with van der Waals surface area (Å²) < 4.78 is 27.4. The van der Waals surface area contributed by atoms with Gasteiger partial charge in [0.15, 0.2) is 11.4 Å². The molecule has 0 saturated heterocycles. The largest absolute Gasteiger partial charge is 0.294 e. The van der Waals surface area contributed by atoms with Gasteiger partial charge in [-0.1, -0.05) is 54.6 Å². The van der Waals surface area contributed by atoms with Crippen LogP contribution >= 0.6 is 0 Å². The molecule has 0 N–H and O–H groups in total. The van der Waals surface area contributed by atoms with E-state index in [2.05, 4.69) is 15.0 Å². The molecular formula is C32H23N5O5S. The van der Waals surface area contributed by atoms with Crippen molar-refractivity contribution in [1.29, 1.82) is 0 Å². The highest BCUT2D eigenvalue weighted by atomic mass is 32.2. The summed E-state index contributed by atoms with van der Waals surface area (Å²) in [5, 5.41) is 11.7. The zero-order valence-electron chi connectivity index (χ0n) is 22.6. The standard InChI is InChI=1S/C32H23N5O5S/c38-31(24-8-5-9-28(18-24)37(39)40)16-23-7-4-6-22(14-23)15-27-19-30(35-21-34-27)26-17-25-12-13-36(32(25)33-20-26)43(41,42)29-10-2-1-3-11-29/h1-14,17-21H,15-16H2. The van der Waals surface area contributed by atoms with Crippen LogP contribution in [0, 0.1) is 10.1 Å². The maximum absolute atomic E-state index is 13.1. The molecule has 0 aliphatic carbocycles. The van der Waals surface area contributed by atoms with E-state index in [1.54, 1.807) is 48.7 Å². The summed E-state index contributed by atoms with van der Waals surface area (Å²) in [6.07, 6.45) is 5.14. The molecular weight excluding hydrogens is 566 g/mol. The molecule has 0 unspecified atom stereocenters. The van der Waals surface area contributed by atoms with Crippen LogP contribution in [0.15, 0.2) is 121 Å². The van der Waals surface area contributed by atoms with Crippen LogP contribution in [0.4, 0.5) is 5.69 Å². The van der Waals surface area contributed by atoms with Crippen LogP contribution in [0.2, 0.25) is 0 Å². The van der Waals surface area contributed by atoms with Crippen molar-refractivity contribution in [2.45, 2.75) is 17.7 Å². The third-order valence-electron chi connectivity index (χ3n) is 6.93. The van der Waals surface area contributed by atoms with Gasteiger partial charge in [0.05, 0.1) is 15.5 Å². The predicted octanol–water partition coefficient (Wildman–Crippen LogP) is 5.65. The lowest BCUT2D eigenvalue weighted by atomic mass is 9.99. The van der Waals surface area contributed by atoms with Crippen molar-refractivity contribution in [1.82, 2.24) is 18.9 Å². The predicted molar refractivity (Wildman–Crippen MR) is 160 cm³/mol. The highest BCUT2D eigenvalue weighted by Crippen LogP contribution is 2.26. The smallest absolute Gasteiger partial charge is 0.270 e. The van der Waals surface area contributed by atoms with Crippen molar-refractivity contribution in [3.63, 3.8) is 0 Å². The molecule has 3 aromatic carbocycles. The van der Waals surface area contributed by atoms with E-state index >= 15 is 0 Å². The van der Waals surface area contributed by atoms with Gasteiger partial charge in [-0.3, -0.25) is 14.9 Å². The minimum Gasteiger partial charge on any atom is -0.294 e. The van der Waals surface area contributed by atoms with Crippen molar-refractivity contribution in [2.75, 3.05) is 0 Å². The first kappa shape index (κ1) is 27.6. The van der Waals surface area contributed by atoms with E-state index in [-0.39, 0.29) is 22.8 Å². The first-order chi connectivity index (χ1) is 20.8. The van der Waals surface area contributed by atoms with Crippen LogP contribution in [-0.2, 0) is 22.9 Å². The number of benzene rings is 3. The summed E-state index contributed by atoms with van der Waals surface area (Å²) in [7, 11) is -3.79. The number of Topliss-reactive ketones (excluding diaryl/α,β-unsaturated/α-hetero) is 1. The van der Waals surface area contributed by atoms with Gasteiger partial charge in [0.25, 0.3) is 15.7 Å². The van der Waals surface area contributed by atoms with Gasteiger partial charge in [0.1, 0.15) is 6.33 Å². The van der Waals surface area contributed by atoms with Gasteiger partial charge in [-0.2, -0.15) is 0 Å². The molecule has 0 amide bonds. The first-order valence-electron chi connectivity index (χ1n) is 13.2. The second kappa shape index (κ2) is 11.4. The van der Waals surface area contributed by atoms with Gasteiger partial charge in [0.2, 0.25) is 0 Å². The van der Waals surface area contributed by atoms with Crippen molar-refractivity contribution < 1.29 is 18.1 Å². The Kier molecular flexibility index (Phi) is 7.31. The van der Waals surface area contributed by atoms with E-state index in [0.29, 0.717) is 34.3 Å². The van der Waals surface area contributed by atoms with Gasteiger partial charge < -0.3 is 0 Å². The lowest BCUT2D eigenvalue weighted by Crippen LogP contribution is -2.12. The normalized spacial score (nSPS) is 11.4. The number of hydrogen-bond donors (Lipinski definition) is 0. The highest BCUT2D eigenvalue weighted by molar-refractivity contribution is 7.90. The lowest BCUT2D eigenvalue weighted by molar-refractivity contribution is -0.384. The third-order valence-corrected chi connectivity index (χ3v) is 8.61. The summed E-state index contributed by atoms with van der Waals surface area (Å²) in [6, 6.07) is 26.9. The lowest BCUT2D eigenvalue weighted by Gasteiger charge is -2.08. The number of ketones is 1. The fourth-order valence-corrected chi connectivity index (χ4v) is 6.16. The van der Waals surface area contributed by atoms with Gasteiger partial charge in [0, 0.05) is 59.6 Å². The van der Waals surface area contributed by atoms with Crippen LogP contribution in [0.1, 0.15) is 27.2 Å². The Labute approximate surface area is 246 Å². The molecule has 3 heterocycles. The van der Waals surface area contributed by atoms with E-state index in [4.69, 9.17) is 0 Å². The van der Waals surface area contributed by atoms with Gasteiger partial charge >= 0.3 is 0 Å². The van der Waals surface area contributed by atoms with E-state index in [1.165, 1.54) is 34.7 Å². The Morgan fingerprint density at radius 1 is 0.837 bits per heavy atom. The first-order valence-corrected chi connectivity index (χ1v) is 14.7. The van der Waals surface area contributed by atoms with Crippen molar-refractivity contribution in [3.8, 4) is 11.3 Å². The van der Waals surface area contributed by atoms with E-state index in [1.807, 2.05) is 36.4 Å². The Hall–Kier alpha value is -5.55. The molecule has 6 aromatic rings. The van der Waals surface area contributed by atoms with Crippen LogP contribution in [0.5, 0.6) is 0 Å². The number of carbonyl (C=O) groups excluding carboxylic acids is 1. The number of hydrogen-bond acceptors (Lipinski definition) is 8. The van der Waals surface area contributed by atoms with E-state index < -0.39 is 14.9 Å². The SMILES string of the molecule is O=C(Cc1cccc(Cc2cc(-c3cnc4c(ccn4S(=O)(=O)c4ccccc4)c3)ncn2)c1)c1cccc([N+](=O)[O-])c1. The minimum absolute atomic E-state index is 0.107. The number of nitro groups is 1. The quantitative estimate of drug-likeness (QED) is 0.120. The number of rotatable bonds is 9. The average molecular weight is 590 g/mol. The van der Waals surface area contributed by atoms with Crippen molar-refractivity contribution in [2.24, 2.45) is 0 Å². The molecule has 10 nitrogen and oxygen atoms in total. The third kappa shape index (κ3) is 5.79. The minimum atomic E-state index is -3.79. The van der Waals surface area contributed by atoms with Crippen molar-refractivity contribution >= 4 is 32.5 Å². The number of aromatic nitrogens is 4. The Bertz CT molecular complexity index is 2110. The van der Waals surface area contributed by atoms with Gasteiger partial charge in [-0.05, 0) is 41.5 Å². The van der Waals surface area contributed by atoms with Crippen molar-refractivity contribution in [3.05, 3.63) is 148 Å². The fraction of sp³-hybridized carbons (Fsp3) is 0.0625. The van der Waals surface area contributed by atoms with E-state index in [9.17, 15) is 23.3 Å². The van der Waals surface area contributed by atoms with Crippen LogP contribution in [0.3, 0.4) is 0 Å². The van der Waals surface area contributed by atoms with Crippen LogP contribution < -0.4 is 0 Å². The number of carbonyl (C=O) groups is 1. The summed E-state index contributed by atoms with van der Waals surface area (Å²) in [5.74, 6) is -0.210. The van der Waals surface area contributed by atoms with Crippen LogP contribution in [0.25, 0.3) is 22.3 Å². The zero-order chi connectivity index (χ0) is 30.0. The summed E-state index contributed by atoms with van der Waals surface area (Å²) in [4.78, 5) is 36.8. The molecule has 0 fully saturated rings. The monoisotopic (exact) mass is 589 g/mol. The Morgan fingerprint density at radius 2 is 1.63 bits per heavy atom. The Morgan fingerprint density at radius 3 is 2.44 bits per heavy atom. The molecule has 0 aliphatic rings.